The maximum absolute atomic E-state index is 13.3. The number of alkyl halides is 6. The van der Waals surface area contributed by atoms with E-state index >= 15 is 0 Å². The zero-order valence-electron chi connectivity index (χ0n) is 18.3. The average Bonchev–Trinajstić information content (AvgIpc) is 3.33. The van der Waals surface area contributed by atoms with Gasteiger partial charge >= 0.3 is 12.4 Å². The molecular weight excluding hydrogens is 498 g/mol. The van der Waals surface area contributed by atoms with Crippen LogP contribution in [-0.4, -0.2) is 39.2 Å². The molecule has 186 valence electrons. The Kier molecular flexibility index (Phi) is 6.88. The lowest BCUT2D eigenvalue weighted by Gasteiger charge is -2.17. The summed E-state index contributed by atoms with van der Waals surface area (Å²) in [5.74, 6) is 0.889. The maximum Gasteiger partial charge on any atom is 0.416 e. The monoisotopic (exact) mass is 516 g/mol. The summed E-state index contributed by atoms with van der Waals surface area (Å²) in [5.41, 5.74) is -2.28. The second-order valence-electron chi connectivity index (χ2n) is 7.80. The topological polar surface area (TPSA) is 42.9 Å². The third-order valence-electron chi connectivity index (χ3n) is 5.42. The van der Waals surface area contributed by atoms with Gasteiger partial charge in [-0.3, -0.25) is 4.99 Å². The van der Waals surface area contributed by atoms with Gasteiger partial charge < -0.3 is 14.8 Å². The molecule has 0 radical (unpaired) electrons. The summed E-state index contributed by atoms with van der Waals surface area (Å²) in [5, 5.41) is 4.39. The minimum Gasteiger partial charge on any atom is -0.489 e. The molecule has 1 aliphatic rings. The number of methoxy groups -OCH3 is 1. The molecule has 1 heterocycles. The molecular formula is C24H19ClF6N2O2. The summed E-state index contributed by atoms with van der Waals surface area (Å²) in [7, 11) is 1.52. The zero-order chi connectivity index (χ0) is 25.4. The number of nitrogens with zero attached hydrogens (tertiary/aromatic N) is 1. The summed E-state index contributed by atoms with van der Waals surface area (Å²) in [6.07, 6.45) is -9.88. The molecule has 3 aromatic rings. The van der Waals surface area contributed by atoms with Crippen LogP contribution in [0.25, 0.3) is 21.9 Å². The summed E-state index contributed by atoms with van der Waals surface area (Å²) >= 11 is 6.63. The Morgan fingerprint density at radius 2 is 1.60 bits per heavy atom. The maximum atomic E-state index is 13.3. The van der Waals surface area contributed by atoms with E-state index in [0.29, 0.717) is 59.8 Å². The lowest BCUT2D eigenvalue weighted by atomic mass is 9.96. The van der Waals surface area contributed by atoms with Crippen molar-refractivity contribution < 1.29 is 35.8 Å². The van der Waals surface area contributed by atoms with Gasteiger partial charge in [0.25, 0.3) is 0 Å². The number of aliphatic imine (C=N–C) groups is 1. The number of hydrogen-bond donors (Lipinski definition) is 1. The normalized spacial score (nSPS) is 14.2. The summed E-state index contributed by atoms with van der Waals surface area (Å²) in [6, 6.07) is 7.66. The minimum absolute atomic E-state index is 0.104. The molecule has 0 aliphatic carbocycles. The Morgan fingerprint density at radius 1 is 0.914 bits per heavy atom. The van der Waals surface area contributed by atoms with Crippen LogP contribution >= 0.6 is 11.6 Å². The molecule has 0 saturated carbocycles. The third-order valence-corrected chi connectivity index (χ3v) is 5.79. The first-order chi connectivity index (χ1) is 16.5. The SMILES string of the molecule is COCCOc1c(C2=NCCN2)cc2cc(-c3cc(C(F)(F)F)cc(C(F)(F)F)c3)ccc2c1Cl. The summed E-state index contributed by atoms with van der Waals surface area (Å²) in [4.78, 5) is 4.39. The lowest BCUT2D eigenvalue weighted by Crippen LogP contribution is -2.21. The molecule has 0 spiro atoms. The number of fused-ring (bicyclic) bond motifs is 1. The largest absolute Gasteiger partial charge is 0.489 e. The van der Waals surface area contributed by atoms with Crippen LogP contribution in [0.4, 0.5) is 26.3 Å². The number of ether oxygens (including phenoxy) is 2. The molecule has 0 bridgehead atoms. The second kappa shape index (κ2) is 9.58. The molecule has 11 heteroatoms. The number of hydrogen-bond acceptors (Lipinski definition) is 4. The van der Waals surface area contributed by atoms with Crippen LogP contribution in [0.3, 0.4) is 0 Å². The highest BCUT2D eigenvalue weighted by molar-refractivity contribution is 6.38. The van der Waals surface area contributed by atoms with Crippen LogP contribution in [0.15, 0.2) is 47.5 Å². The van der Waals surface area contributed by atoms with Crippen LogP contribution in [0.1, 0.15) is 16.7 Å². The number of nitrogens with one attached hydrogen (secondary N) is 1. The van der Waals surface area contributed by atoms with Gasteiger partial charge in [0.15, 0.2) is 0 Å². The van der Waals surface area contributed by atoms with E-state index in [-0.39, 0.29) is 28.8 Å². The first kappa shape index (κ1) is 25.1. The van der Waals surface area contributed by atoms with Gasteiger partial charge in [0.2, 0.25) is 0 Å². The first-order valence-electron chi connectivity index (χ1n) is 10.5. The van der Waals surface area contributed by atoms with Crippen molar-refractivity contribution in [2.45, 2.75) is 12.4 Å². The van der Waals surface area contributed by atoms with E-state index in [4.69, 9.17) is 21.1 Å². The van der Waals surface area contributed by atoms with Crippen LogP contribution in [0.2, 0.25) is 5.02 Å². The highest BCUT2D eigenvalue weighted by Gasteiger charge is 2.37. The van der Waals surface area contributed by atoms with Crippen LogP contribution < -0.4 is 10.1 Å². The van der Waals surface area contributed by atoms with E-state index < -0.39 is 23.5 Å². The standard InChI is InChI=1S/C24H19ClF6N2O2/c1-34-6-7-35-21-19(22-32-4-5-33-22)11-15-8-13(2-3-18(15)20(21)25)14-9-16(23(26,27)28)12-17(10-14)24(29,30)31/h2-3,8-12H,4-7H2,1H3,(H,32,33). The van der Waals surface area contributed by atoms with E-state index in [1.54, 1.807) is 6.07 Å². The highest BCUT2D eigenvalue weighted by Crippen LogP contribution is 2.41. The predicted octanol–water partition coefficient (Wildman–Crippen LogP) is 6.57. The Labute approximate surface area is 201 Å². The number of rotatable bonds is 6. The van der Waals surface area contributed by atoms with Crippen molar-refractivity contribution in [1.82, 2.24) is 5.32 Å². The Balaban J connectivity index is 1.88. The van der Waals surface area contributed by atoms with Crippen molar-refractivity contribution in [3.8, 4) is 16.9 Å². The molecule has 0 aromatic heterocycles. The van der Waals surface area contributed by atoms with Gasteiger partial charge in [0.05, 0.1) is 34.9 Å². The average molecular weight is 517 g/mol. The molecule has 0 saturated heterocycles. The van der Waals surface area contributed by atoms with Crippen LogP contribution in [0.5, 0.6) is 5.75 Å². The fourth-order valence-electron chi connectivity index (χ4n) is 3.77. The van der Waals surface area contributed by atoms with Crippen molar-refractivity contribution in [2.75, 3.05) is 33.4 Å². The van der Waals surface area contributed by atoms with Crippen LogP contribution in [0, 0.1) is 0 Å². The minimum atomic E-state index is -4.94. The van der Waals surface area contributed by atoms with Crippen molar-refractivity contribution >= 4 is 28.2 Å². The van der Waals surface area contributed by atoms with Gasteiger partial charge in [-0.25, -0.2) is 0 Å². The zero-order valence-corrected chi connectivity index (χ0v) is 19.0. The first-order valence-corrected chi connectivity index (χ1v) is 10.8. The van der Waals surface area contributed by atoms with Crippen LogP contribution in [-0.2, 0) is 17.1 Å². The van der Waals surface area contributed by atoms with E-state index in [1.807, 2.05) is 0 Å². The number of halogens is 7. The van der Waals surface area contributed by atoms with Crippen molar-refractivity contribution in [2.24, 2.45) is 4.99 Å². The molecule has 0 fully saturated rings. The molecule has 0 unspecified atom stereocenters. The smallest absolute Gasteiger partial charge is 0.416 e. The molecule has 1 N–H and O–H groups in total. The van der Waals surface area contributed by atoms with Gasteiger partial charge in [0, 0.05) is 19.0 Å². The fraction of sp³-hybridized carbons (Fsp3) is 0.292. The predicted molar refractivity (Wildman–Crippen MR) is 121 cm³/mol. The number of amidine groups is 1. The summed E-state index contributed by atoms with van der Waals surface area (Å²) < 4.78 is 90.8. The Morgan fingerprint density at radius 3 is 2.17 bits per heavy atom. The van der Waals surface area contributed by atoms with E-state index in [9.17, 15) is 26.3 Å². The molecule has 35 heavy (non-hydrogen) atoms. The van der Waals surface area contributed by atoms with E-state index in [2.05, 4.69) is 10.3 Å². The third kappa shape index (κ3) is 5.33. The highest BCUT2D eigenvalue weighted by atomic mass is 35.5. The van der Waals surface area contributed by atoms with E-state index in [1.165, 1.54) is 25.3 Å². The molecule has 4 rings (SSSR count). The van der Waals surface area contributed by atoms with Crippen molar-refractivity contribution in [3.05, 3.63) is 64.2 Å². The van der Waals surface area contributed by atoms with Gasteiger partial charge in [0.1, 0.15) is 18.2 Å². The Bertz CT molecular complexity index is 1260. The van der Waals surface area contributed by atoms with Crippen molar-refractivity contribution in [1.29, 1.82) is 0 Å². The molecule has 0 atom stereocenters. The Hall–Kier alpha value is -2.98. The lowest BCUT2D eigenvalue weighted by molar-refractivity contribution is -0.143. The van der Waals surface area contributed by atoms with Gasteiger partial charge in [-0.15, -0.1) is 0 Å². The fourth-order valence-corrected chi connectivity index (χ4v) is 4.10. The number of benzene rings is 3. The van der Waals surface area contributed by atoms with Gasteiger partial charge in [-0.2, -0.15) is 26.3 Å². The molecule has 3 aromatic carbocycles. The molecule has 1 aliphatic heterocycles. The van der Waals surface area contributed by atoms with Gasteiger partial charge in [-0.1, -0.05) is 23.7 Å². The molecule has 0 amide bonds. The van der Waals surface area contributed by atoms with E-state index in [0.717, 1.165) is 0 Å². The molecule has 4 nitrogen and oxygen atoms in total. The van der Waals surface area contributed by atoms with Gasteiger partial charge in [-0.05, 0) is 46.8 Å². The van der Waals surface area contributed by atoms with Crippen molar-refractivity contribution in [3.63, 3.8) is 0 Å². The summed E-state index contributed by atoms with van der Waals surface area (Å²) in [6.45, 7) is 1.66. The second-order valence-corrected chi connectivity index (χ2v) is 8.17. The quantitative estimate of drug-likeness (QED) is 0.297.